The lowest BCUT2D eigenvalue weighted by atomic mass is 9.89. The number of rotatable bonds is 8. The van der Waals surface area contributed by atoms with Crippen molar-refractivity contribution in [3.63, 3.8) is 0 Å². The zero-order valence-corrected chi connectivity index (χ0v) is 20.2. The average molecular weight is 524 g/mol. The number of anilines is 1. The van der Waals surface area contributed by atoms with Crippen LogP contribution in [0.2, 0.25) is 0 Å². The van der Waals surface area contributed by atoms with Gasteiger partial charge in [0.1, 0.15) is 5.92 Å². The molecule has 1 aliphatic heterocycles. The molecule has 2 aromatic rings. The van der Waals surface area contributed by atoms with E-state index in [-0.39, 0.29) is 28.9 Å². The maximum Gasteiger partial charge on any atom is 0.416 e. The minimum Gasteiger partial charge on any atom is -0.493 e. The standard InChI is InChI=1S/C24H24F3N3O5S/c1-4-34-22(32)20-13(2)28-23(36)30-21(20)14-8-9-17(18(10-14)33-3)35-12-19(31)29-16-7-5-6-15(11-16)24(25,26)27/h5-11,20-21H,2,4,12H2,1,3H3,(H,29,31)(H2,28,30,36)/t20-,21+/m0/s1. The molecular weight excluding hydrogens is 499 g/mol. The third kappa shape index (κ3) is 6.45. The Labute approximate surface area is 210 Å². The second-order valence-electron chi connectivity index (χ2n) is 7.66. The Balaban J connectivity index is 1.73. The Morgan fingerprint density at radius 3 is 2.58 bits per heavy atom. The molecule has 0 unspecified atom stereocenters. The van der Waals surface area contributed by atoms with Crippen molar-refractivity contribution in [1.29, 1.82) is 0 Å². The molecule has 2 aromatic carbocycles. The highest BCUT2D eigenvalue weighted by Crippen LogP contribution is 2.36. The van der Waals surface area contributed by atoms with Crippen LogP contribution < -0.4 is 25.4 Å². The van der Waals surface area contributed by atoms with E-state index in [0.29, 0.717) is 11.3 Å². The lowest BCUT2D eigenvalue weighted by Gasteiger charge is -2.35. The van der Waals surface area contributed by atoms with E-state index >= 15 is 0 Å². The molecule has 1 aliphatic rings. The molecule has 1 saturated heterocycles. The van der Waals surface area contributed by atoms with Gasteiger partial charge >= 0.3 is 12.1 Å². The highest BCUT2D eigenvalue weighted by molar-refractivity contribution is 7.80. The van der Waals surface area contributed by atoms with Gasteiger partial charge in [0.2, 0.25) is 0 Å². The summed E-state index contributed by atoms with van der Waals surface area (Å²) in [4.78, 5) is 24.8. The van der Waals surface area contributed by atoms with Gasteiger partial charge in [-0.2, -0.15) is 13.2 Å². The summed E-state index contributed by atoms with van der Waals surface area (Å²) in [6, 6.07) is 8.49. The first-order valence-electron chi connectivity index (χ1n) is 10.7. The topological polar surface area (TPSA) is 97.9 Å². The third-order valence-corrected chi connectivity index (χ3v) is 5.41. The fraction of sp³-hybridized carbons (Fsp3) is 0.292. The molecule has 3 rings (SSSR count). The van der Waals surface area contributed by atoms with E-state index < -0.39 is 42.2 Å². The zero-order valence-electron chi connectivity index (χ0n) is 19.4. The maximum atomic E-state index is 12.9. The number of carbonyl (C=O) groups is 2. The van der Waals surface area contributed by atoms with Crippen LogP contribution in [0.15, 0.2) is 54.7 Å². The van der Waals surface area contributed by atoms with Crippen LogP contribution in [-0.2, 0) is 20.5 Å². The Hall–Kier alpha value is -3.80. The number of thiocarbonyl (C=S) groups is 1. The van der Waals surface area contributed by atoms with E-state index in [0.717, 1.165) is 12.1 Å². The van der Waals surface area contributed by atoms with E-state index in [4.69, 9.17) is 26.4 Å². The molecule has 192 valence electrons. The van der Waals surface area contributed by atoms with Gasteiger partial charge in [0.15, 0.2) is 23.2 Å². The molecular formula is C24H24F3N3O5S. The number of halogens is 3. The molecule has 1 amide bonds. The first kappa shape index (κ1) is 26.8. The van der Waals surface area contributed by atoms with Gasteiger partial charge < -0.3 is 30.2 Å². The number of alkyl halides is 3. The van der Waals surface area contributed by atoms with Crippen LogP contribution in [0.3, 0.4) is 0 Å². The van der Waals surface area contributed by atoms with Crippen LogP contribution in [0.5, 0.6) is 11.5 Å². The van der Waals surface area contributed by atoms with Crippen LogP contribution in [0, 0.1) is 5.92 Å². The minimum absolute atomic E-state index is 0.0149. The SMILES string of the molecule is C=C1NC(=S)N[C@H](c2ccc(OCC(=O)Nc3cccc(C(F)(F)F)c3)c(OC)c2)[C@H]1C(=O)OCC. The molecule has 0 bridgehead atoms. The fourth-order valence-corrected chi connectivity index (χ4v) is 3.84. The van der Waals surface area contributed by atoms with Gasteiger partial charge in [0, 0.05) is 11.4 Å². The average Bonchev–Trinajstić information content (AvgIpc) is 2.81. The second-order valence-corrected chi connectivity index (χ2v) is 8.07. The smallest absolute Gasteiger partial charge is 0.416 e. The maximum absolute atomic E-state index is 12.9. The number of hydrogen-bond donors (Lipinski definition) is 3. The number of amides is 1. The van der Waals surface area contributed by atoms with Crippen molar-refractivity contribution in [3.8, 4) is 11.5 Å². The van der Waals surface area contributed by atoms with E-state index in [2.05, 4.69) is 22.5 Å². The van der Waals surface area contributed by atoms with Crippen LogP contribution in [0.1, 0.15) is 24.1 Å². The van der Waals surface area contributed by atoms with E-state index in [9.17, 15) is 22.8 Å². The van der Waals surface area contributed by atoms with Gasteiger partial charge in [-0.3, -0.25) is 9.59 Å². The number of ether oxygens (including phenoxy) is 3. The predicted octanol–water partition coefficient (Wildman–Crippen LogP) is 3.94. The number of nitrogens with one attached hydrogen (secondary N) is 3. The molecule has 0 radical (unpaired) electrons. The van der Waals surface area contributed by atoms with Gasteiger partial charge in [0.05, 0.1) is 25.3 Å². The second kappa shape index (κ2) is 11.3. The Morgan fingerprint density at radius 1 is 1.17 bits per heavy atom. The van der Waals surface area contributed by atoms with Gasteiger partial charge in [-0.25, -0.2) is 0 Å². The fourth-order valence-electron chi connectivity index (χ4n) is 3.58. The summed E-state index contributed by atoms with van der Waals surface area (Å²) in [5, 5.41) is 8.53. The summed E-state index contributed by atoms with van der Waals surface area (Å²) in [5.74, 6) is -1.45. The molecule has 0 aliphatic carbocycles. The lowest BCUT2D eigenvalue weighted by Crippen LogP contribution is -2.51. The molecule has 1 heterocycles. The molecule has 3 N–H and O–H groups in total. The summed E-state index contributed by atoms with van der Waals surface area (Å²) < 4.78 is 54.7. The lowest BCUT2D eigenvalue weighted by molar-refractivity contribution is -0.147. The number of benzene rings is 2. The number of carbonyl (C=O) groups excluding carboxylic acids is 2. The summed E-state index contributed by atoms with van der Waals surface area (Å²) in [5.41, 5.74) is 0.107. The largest absolute Gasteiger partial charge is 0.493 e. The molecule has 1 fully saturated rings. The molecule has 0 aromatic heterocycles. The van der Waals surface area contributed by atoms with Crippen molar-refractivity contribution < 1.29 is 37.0 Å². The third-order valence-electron chi connectivity index (χ3n) is 5.19. The van der Waals surface area contributed by atoms with Gasteiger partial charge in [-0.15, -0.1) is 0 Å². The van der Waals surface area contributed by atoms with E-state index in [1.54, 1.807) is 25.1 Å². The van der Waals surface area contributed by atoms with Crippen molar-refractivity contribution in [2.75, 3.05) is 25.6 Å². The summed E-state index contributed by atoms with van der Waals surface area (Å²) in [6.07, 6.45) is -4.53. The van der Waals surface area contributed by atoms with Gasteiger partial charge in [-0.05, 0) is 55.0 Å². The first-order chi connectivity index (χ1) is 17.0. The van der Waals surface area contributed by atoms with E-state index in [1.165, 1.54) is 19.2 Å². The Bertz CT molecular complexity index is 1170. The minimum atomic E-state index is -4.53. The number of hydrogen-bond acceptors (Lipinski definition) is 6. The molecule has 36 heavy (non-hydrogen) atoms. The molecule has 0 spiro atoms. The normalized spacial score (nSPS) is 17.5. The predicted molar refractivity (Wildman–Crippen MR) is 129 cm³/mol. The molecule has 12 heteroatoms. The van der Waals surface area contributed by atoms with Crippen LogP contribution >= 0.6 is 12.2 Å². The van der Waals surface area contributed by atoms with Crippen molar-refractivity contribution in [1.82, 2.24) is 10.6 Å². The van der Waals surface area contributed by atoms with Crippen molar-refractivity contribution in [2.45, 2.75) is 19.1 Å². The van der Waals surface area contributed by atoms with Crippen molar-refractivity contribution in [2.24, 2.45) is 5.92 Å². The Morgan fingerprint density at radius 2 is 1.92 bits per heavy atom. The van der Waals surface area contributed by atoms with E-state index in [1.807, 2.05) is 0 Å². The van der Waals surface area contributed by atoms with Gasteiger partial charge in [0.25, 0.3) is 5.91 Å². The summed E-state index contributed by atoms with van der Waals surface area (Å²) in [7, 11) is 1.40. The van der Waals surface area contributed by atoms with Crippen LogP contribution in [0.25, 0.3) is 0 Å². The summed E-state index contributed by atoms with van der Waals surface area (Å²) in [6.45, 7) is 5.29. The molecule has 8 nitrogen and oxygen atoms in total. The monoisotopic (exact) mass is 523 g/mol. The zero-order chi connectivity index (χ0) is 26.5. The van der Waals surface area contributed by atoms with Crippen molar-refractivity contribution >= 4 is 34.9 Å². The molecule has 0 saturated carbocycles. The highest BCUT2D eigenvalue weighted by atomic mass is 32.1. The summed E-state index contributed by atoms with van der Waals surface area (Å²) >= 11 is 5.21. The quantitative estimate of drug-likeness (QED) is 0.354. The molecule has 2 atom stereocenters. The van der Waals surface area contributed by atoms with Crippen LogP contribution in [-0.4, -0.2) is 37.3 Å². The Kier molecular flexibility index (Phi) is 8.41. The first-order valence-corrected chi connectivity index (χ1v) is 11.1. The number of esters is 1. The van der Waals surface area contributed by atoms with Crippen molar-refractivity contribution in [3.05, 3.63) is 65.9 Å². The van der Waals surface area contributed by atoms with Crippen LogP contribution in [0.4, 0.5) is 18.9 Å². The highest BCUT2D eigenvalue weighted by Gasteiger charge is 2.38. The van der Waals surface area contributed by atoms with Gasteiger partial charge in [-0.1, -0.05) is 18.7 Å². The number of methoxy groups -OCH3 is 1.